The van der Waals surface area contributed by atoms with E-state index in [-0.39, 0.29) is 1.43 Å². The molecular weight excluding hydrogens is 286 g/mol. The summed E-state index contributed by atoms with van der Waals surface area (Å²) in [4.78, 5) is 0.797. The third-order valence-electron chi connectivity index (χ3n) is 7.24. The smallest absolute Gasteiger partial charge is 0.0764 e. The molecule has 2 N–H and O–H groups in total. The largest absolute Gasteiger partial charge is 0.393 e. The van der Waals surface area contributed by atoms with Crippen LogP contribution in [0.2, 0.25) is 0 Å². The summed E-state index contributed by atoms with van der Waals surface area (Å²) in [5.74, 6) is 1.93. The van der Waals surface area contributed by atoms with E-state index in [9.17, 15) is 0 Å². The zero-order valence-corrected chi connectivity index (χ0v) is 14.4. The van der Waals surface area contributed by atoms with Crippen molar-refractivity contribution in [1.29, 1.82) is 0 Å². The van der Waals surface area contributed by atoms with Gasteiger partial charge in [-0.15, -0.1) is 0 Å². The standard InChI is InChI=1S/C20H27NS.H2/c1-2-19-9-8-14-11-20(13-19,16-6-4-3-5-7-16)12-15(10-19)17(14)18(21)22;/h3-7,14-15,17H,2,8-13H2,1H3,(H2,21,22);1H. The fraction of sp³-hybridized carbons (Fsp3) is 0.650. The Morgan fingerprint density at radius 2 is 1.95 bits per heavy atom. The van der Waals surface area contributed by atoms with Crippen LogP contribution in [0.15, 0.2) is 30.3 Å². The van der Waals surface area contributed by atoms with E-state index in [0.717, 1.165) is 4.99 Å². The molecule has 1 aromatic carbocycles. The van der Waals surface area contributed by atoms with Gasteiger partial charge in [0.05, 0.1) is 4.99 Å². The Morgan fingerprint density at radius 1 is 1.23 bits per heavy atom. The fourth-order valence-corrected chi connectivity index (χ4v) is 6.80. The van der Waals surface area contributed by atoms with Crippen LogP contribution in [0.5, 0.6) is 0 Å². The molecule has 0 saturated heterocycles. The monoisotopic (exact) mass is 315 g/mol. The van der Waals surface area contributed by atoms with Gasteiger partial charge in [-0.05, 0) is 66.8 Å². The Kier molecular flexibility index (Phi) is 3.38. The molecule has 5 unspecified atom stereocenters. The van der Waals surface area contributed by atoms with Crippen LogP contribution >= 0.6 is 12.2 Å². The van der Waals surface area contributed by atoms with Crippen molar-refractivity contribution in [3.8, 4) is 0 Å². The van der Waals surface area contributed by atoms with Gasteiger partial charge >= 0.3 is 0 Å². The zero-order chi connectivity index (χ0) is 15.4. The van der Waals surface area contributed by atoms with Crippen molar-refractivity contribution in [2.24, 2.45) is 28.9 Å². The van der Waals surface area contributed by atoms with E-state index in [2.05, 4.69) is 37.3 Å². The molecule has 0 aromatic heterocycles. The predicted octanol–water partition coefficient (Wildman–Crippen LogP) is 5.08. The number of hydrogen-bond donors (Lipinski definition) is 1. The Bertz CT molecular complexity index is 589. The van der Waals surface area contributed by atoms with E-state index in [1.165, 1.54) is 44.9 Å². The summed E-state index contributed by atoms with van der Waals surface area (Å²) in [5.41, 5.74) is 8.69. The van der Waals surface area contributed by atoms with Crippen LogP contribution in [0.25, 0.3) is 0 Å². The van der Waals surface area contributed by atoms with Gasteiger partial charge in [0.2, 0.25) is 0 Å². The van der Waals surface area contributed by atoms with E-state index in [1.807, 2.05) is 0 Å². The highest BCUT2D eigenvalue weighted by atomic mass is 32.1. The van der Waals surface area contributed by atoms with E-state index >= 15 is 0 Å². The maximum absolute atomic E-state index is 6.19. The summed E-state index contributed by atoms with van der Waals surface area (Å²) >= 11 is 5.49. The number of nitrogens with two attached hydrogens (primary N) is 1. The molecule has 0 heterocycles. The summed E-state index contributed by atoms with van der Waals surface area (Å²) < 4.78 is 0. The molecule has 0 radical (unpaired) electrons. The fourth-order valence-electron chi connectivity index (χ4n) is 6.42. The van der Waals surface area contributed by atoms with Crippen LogP contribution in [-0.4, -0.2) is 4.99 Å². The van der Waals surface area contributed by atoms with Crippen LogP contribution in [-0.2, 0) is 5.41 Å². The number of thiocarbonyl (C=S) groups is 1. The quantitative estimate of drug-likeness (QED) is 0.787. The lowest BCUT2D eigenvalue weighted by Crippen LogP contribution is -2.51. The first kappa shape index (κ1) is 14.7. The first-order valence-corrected chi connectivity index (χ1v) is 9.33. The molecule has 1 aromatic rings. The van der Waals surface area contributed by atoms with E-state index in [1.54, 1.807) is 5.56 Å². The maximum Gasteiger partial charge on any atom is 0.0764 e. The molecule has 0 aliphatic heterocycles. The summed E-state index contributed by atoms with van der Waals surface area (Å²) in [6.45, 7) is 2.40. The third-order valence-corrected chi connectivity index (χ3v) is 7.51. The normalized spacial score (nSPS) is 43.0. The summed E-state index contributed by atoms with van der Waals surface area (Å²) in [6.07, 6.45) is 9.39. The molecule has 5 rings (SSSR count). The van der Waals surface area contributed by atoms with Crippen LogP contribution in [0, 0.1) is 23.2 Å². The Hall–Kier alpha value is -0.890. The van der Waals surface area contributed by atoms with Crippen molar-refractivity contribution in [2.45, 2.75) is 57.3 Å². The van der Waals surface area contributed by atoms with Crippen molar-refractivity contribution >= 4 is 17.2 Å². The SMILES string of the molecule is CCC12CCC3CC(c4ccccc4)(CC(C1)C3C(N)=S)C2.[HH]. The second-order valence-corrected chi connectivity index (χ2v) is 8.75. The van der Waals surface area contributed by atoms with Gasteiger partial charge in [-0.3, -0.25) is 0 Å². The summed E-state index contributed by atoms with van der Waals surface area (Å²) in [5, 5.41) is 0. The topological polar surface area (TPSA) is 26.0 Å². The molecule has 4 fully saturated rings. The Labute approximate surface area is 141 Å². The predicted molar refractivity (Wildman–Crippen MR) is 97.9 cm³/mol. The summed E-state index contributed by atoms with van der Waals surface area (Å²) in [6, 6.07) is 11.3. The van der Waals surface area contributed by atoms with Gasteiger partial charge in [-0.25, -0.2) is 0 Å². The van der Waals surface area contributed by atoms with E-state index < -0.39 is 0 Å². The van der Waals surface area contributed by atoms with Crippen LogP contribution in [0.3, 0.4) is 0 Å². The molecule has 4 saturated carbocycles. The van der Waals surface area contributed by atoms with Crippen LogP contribution in [0.4, 0.5) is 0 Å². The zero-order valence-electron chi connectivity index (χ0n) is 13.6. The molecular formula is C20H29NS. The maximum atomic E-state index is 6.19. The number of hydrogen-bond acceptors (Lipinski definition) is 1. The van der Waals surface area contributed by atoms with Gasteiger partial charge in [-0.2, -0.15) is 0 Å². The van der Waals surface area contributed by atoms with Crippen molar-refractivity contribution < 1.29 is 1.43 Å². The average molecular weight is 316 g/mol. The van der Waals surface area contributed by atoms with Crippen molar-refractivity contribution in [3.63, 3.8) is 0 Å². The Balaban J connectivity index is 0.00000156. The van der Waals surface area contributed by atoms with Gasteiger partial charge in [0.15, 0.2) is 0 Å². The van der Waals surface area contributed by atoms with Gasteiger partial charge in [0, 0.05) is 7.34 Å². The first-order valence-electron chi connectivity index (χ1n) is 8.92. The molecule has 1 nitrogen and oxygen atoms in total. The molecule has 2 heteroatoms. The van der Waals surface area contributed by atoms with E-state index in [4.69, 9.17) is 18.0 Å². The minimum atomic E-state index is 0. The number of benzene rings is 1. The van der Waals surface area contributed by atoms with Crippen molar-refractivity contribution in [3.05, 3.63) is 35.9 Å². The van der Waals surface area contributed by atoms with Crippen molar-refractivity contribution in [2.75, 3.05) is 0 Å². The molecule has 5 atom stereocenters. The second-order valence-electron chi connectivity index (χ2n) is 8.28. The van der Waals surface area contributed by atoms with Gasteiger partial charge in [-0.1, -0.05) is 55.9 Å². The lowest BCUT2D eigenvalue weighted by Gasteiger charge is -2.55. The lowest BCUT2D eigenvalue weighted by molar-refractivity contribution is 0.0192. The summed E-state index contributed by atoms with van der Waals surface area (Å²) in [7, 11) is 0. The molecule has 4 bridgehead atoms. The average Bonchev–Trinajstić information content (AvgIpc) is 2.71. The molecule has 0 spiro atoms. The molecule has 4 aliphatic carbocycles. The molecule has 4 aliphatic rings. The number of rotatable bonds is 3. The Morgan fingerprint density at radius 3 is 2.64 bits per heavy atom. The van der Waals surface area contributed by atoms with Gasteiger partial charge < -0.3 is 5.73 Å². The van der Waals surface area contributed by atoms with Gasteiger partial charge in [0.1, 0.15) is 0 Å². The second kappa shape index (κ2) is 5.06. The highest BCUT2D eigenvalue weighted by molar-refractivity contribution is 7.80. The number of fused-ring (bicyclic) bond motifs is 1. The van der Waals surface area contributed by atoms with Gasteiger partial charge in [0.25, 0.3) is 0 Å². The molecule has 120 valence electrons. The van der Waals surface area contributed by atoms with Crippen LogP contribution in [0.1, 0.15) is 58.9 Å². The van der Waals surface area contributed by atoms with Crippen molar-refractivity contribution in [1.82, 2.24) is 0 Å². The van der Waals surface area contributed by atoms with E-state index in [0.29, 0.717) is 28.6 Å². The minimum Gasteiger partial charge on any atom is -0.393 e. The third kappa shape index (κ3) is 2.06. The highest BCUT2D eigenvalue weighted by Gasteiger charge is 2.58. The highest BCUT2D eigenvalue weighted by Crippen LogP contribution is 2.65. The minimum absolute atomic E-state index is 0. The lowest BCUT2D eigenvalue weighted by atomic mass is 9.49. The first-order chi connectivity index (χ1) is 10.6. The molecule has 22 heavy (non-hydrogen) atoms. The molecule has 0 amide bonds. The van der Waals surface area contributed by atoms with Crippen LogP contribution < -0.4 is 5.73 Å².